The largest absolute Gasteiger partial charge is 0.505 e. The predicted molar refractivity (Wildman–Crippen MR) is 91.7 cm³/mol. The average Bonchev–Trinajstić information content (AvgIpc) is 2.53. The minimum absolute atomic E-state index is 0.134. The number of anilines is 2. The summed E-state index contributed by atoms with van der Waals surface area (Å²) >= 11 is 17.9. The van der Waals surface area contributed by atoms with Gasteiger partial charge < -0.3 is 10.4 Å². The summed E-state index contributed by atoms with van der Waals surface area (Å²) in [6, 6.07) is 8.20. The van der Waals surface area contributed by atoms with Crippen molar-refractivity contribution in [3.8, 4) is 17.1 Å². The van der Waals surface area contributed by atoms with Crippen LogP contribution >= 0.6 is 34.8 Å². The highest BCUT2D eigenvalue weighted by Gasteiger charge is 2.09. The van der Waals surface area contributed by atoms with Crippen LogP contribution in [0.2, 0.25) is 15.2 Å². The number of pyridine rings is 1. The Morgan fingerprint density at radius 3 is 2.22 bits per heavy atom. The highest BCUT2D eigenvalue weighted by atomic mass is 35.5. The summed E-state index contributed by atoms with van der Waals surface area (Å²) in [4.78, 5) is 12.5. The van der Waals surface area contributed by atoms with Crippen LogP contribution in [0.15, 0.2) is 42.7 Å². The molecule has 0 spiro atoms. The van der Waals surface area contributed by atoms with E-state index in [2.05, 4.69) is 20.3 Å². The molecule has 2 aromatic heterocycles. The first kappa shape index (κ1) is 15.8. The van der Waals surface area contributed by atoms with Crippen molar-refractivity contribution in [2.24, 2.45) is 0 Å². The van der Waals surface area contributed by atoms with Crippen molar-refractivity contribution < 1.29 is 5.11 Å². The Balaban J connectivity index is 1.96. The molecular weight excluding hydrogens is 359 g/mol. The maximum absolute atomic E-state index is 9.59. The van der Waals surface area contributed by atoms with Crippen molar-refractivity contribution >= 4 is 46.3 Å². The summed E-state index contributed by atoms with van der Waals surface area (Å²) in [6.07, 6.45) is 3.29. The van der Waals surface area contributed by atoms with Gasteiger partial charge in [0.1, 0.15) is 11.0 Å². The number of nitrogens with zero attached hydrogens (tertiary/aromatic N) is 3. The van der Waals surface area contributed by atoms with Crippen molar-refractivity contribution in [2.75, 3.05) is 5.32 Å². The lowest BCUT2D eigenvalue weighted by atomic mass is 10.2. The fourth-order valence-electron chi connectivity index (χ4n) is 1.90. The number of nitrogens with one attached hydrogen (secondary N) is 1. The molecule has 23 heavy (non-hydrogen) atoms. The summed E-state index contributed by atoms with van der Waals surface area (Å²) in [5.74, 6) is 0.755. The first-order valence-corrected chi connectivity index (χ1v) is 7.56. The summed E-state index contributed by atoms with van der Waals surface area (Å²) in [5.41, 5.74) is 1.35. The minimum atomic E-state index is -0.169. The standard InChI is InChI=1S/C15H9Cl3N4O/c16-10-5-9(6-11(17)14(10)23)20-13-7-12(18)21-15(22-13)8-1-3-19-4-2-8/h1-7,23H,(H,20,21,22). The molecule has 0 aliphatic heterocycles. The zero-order valence-corrected chi connectivity index (χ0v) is 13.7. The van der Waals surface area contributed by atoms with Gasteiger partial charge in [-0.25, -0.2) is 9.97 Å². The van der Waals surface area contributed by atoms with Crippen LogP contribution in [0, 0.1) is 0 Å². The zero-order chi connectivity index (χ0) is 16.4. The van der Waals surface area contributed by atoms with Crippen LogP contribution < -0.4 is 5.32 Å². The van der Waals surface area contributed by atoms with Gasteiger partial charge in [-0.3, -0.25) is 4.98 Å². The van der Waals surface area contributed by atoms with Gasteiger partial charge in [0.2, 0.25) is 0 Å². The first-order valence-electron chi connectivity index (χ1n) is 6.43. The molecule has 3 rings (SSSR count). The maximum Gasteiger partial charge on any atom is 0.163 e. The molecule has 116 valence electrons. The molecule has 2 N–H and O–H groups in total. The van der Waals surface area contributed by atoms with Crippen LogP contribution in [0.3, 0.4) is 0 Å². The van der Waals surface area contributed by atoms with E-state index in [-0.39, 0.29) is 20.9 Å². The van der Waals surface area contributed by atoms with Crippen LogP contribution in [0.25, 0.3) is 11.4 Å². The van der Waals surface area contributed by atoms with E-state index < -0.39 is 0 Å². The zero-order valence-electron chi connectivity index (χ0n) is 11.5. The lowest BCUT2D eigenvalue weighted by Gasteiger charge is -2.10. The van der Waals surface area contributed by atoms with Crippen LogP contribution in [0.5, 0.6) is 5.75 Å². The van der Waals surface area contributed by atoms with Gasteiger partial charge in [0.15, 0.2) is 11.6 Å². The molecule has 0 fully saturated rings. The summed E-state index contributed by atoms with van der Waals surface area (Å²) in [5, 5.41) is 13.2. The Morgan fingerprint density at radius 2 is 1.57 bits per heavy atom. The second-order valence-electron chi connectivity index (χ2n) is 4.55. The summed E-state index contributed by atoms with van der Waals surface area (Å²) < 4.78 is 0. The number of rotatable bonds is 3. The molecule has 0 aliphatic rings. The number of hydrogen-bond donors (Lipinski definition) is 2. The van der Waals surface area contributed by atoms with Crippen molar-refractivity contribution in [1.82, 2.24) is 15.0 Å². The molecule has 0 radical (unpaired) electrons. The molecule has 0 aliphatic carbocycles. The molecule has 0 atom stereocenters. The van der Waals surface area contributed by atoms with Crippen molar-refractivity contribution in [1.29, 1.82) is 0 Å². The lowest BCUT2D eigenvalue weighted by Crippen LogP contribution is -1.98. The number of phenolic OH excluding ortho intramolecular Hbond substituents is 1. The number of halogens is 3. The van der Waals surface area contributed by atoms with E-state index in [1.54, 1.807) is 30.6 Å². The molecule has 3 aromatic rings. The predicted octanol–water partition coefficient (Wildman–Crippen LogP) is 4.95. The molecule has 5 nitrogen and oxygen atoms in total. The molecule has 0 amide bonds. The Morgan fingerprint density at radius 1 is 0.913 bits per heavy atom. The normalized spacial score (nSPS) is 10.6. The highest BCUT2D eigenvalue weighted by Crippen LogP contribution is 2.35. The fourth-order valence-corrected chi connectivity index (χ4v) is 2.57. The van der Waals surface area contributed by atoms with Crippen LogP contribution in [0.1, 0.15) is 0 Å². The van der Waals surface area contributed by atoms with E-state index in [4.69, 9.17) is 34.8 Å². The molecule has 0 bridgehead atoms. The van der Waals surface area contributed by atoms with Crippen LogP contribution in [-0.4, -0.2) is 20.1 Å². The van der Waals surface area contributed by atoms with Crippen LogP contribution in [-0.2, 0) is 0 Å². The number of hydrogen-bond acceptors (Lipinski definition) is 5. The molecular formula is C15H9Cl3N4O. The highest BCUT2D eigenvalue weighted by molar-refractivity contribution is 6.37. The molecule has 0 saturated heterocycles. The Hall–Kier alpha value is -2.08. The Labute approximate surface area is 146 Å². The molecule has 2 heterocycles. The third-order valence-corrected chi connectivity index (χ3v) is 3.69. The van der Waals surface area contributed by atoms with Crippen molar-refractivity contribution in [2.45, 2.75) is 0 Å². The van der Waals surface area contributed by atoms with Gasteiger partial charge in [0.25, 0.3) is 0 Å². The smallest absolute Gasteiger partial charge is 0.163 e. The van der Waals surface area contributed by atoms with E-state index in [0.29, 0.717) is 17.3 Å². The van der Waals surface area contributed by atoms with Crippen LogP contribution in [0.4, 0.5) is 11.5 Å². The fraction of sp³-hybridized carbons (Fsp3) is 0. The SMILES string of the molecule is Oc1c(Cl)cc(Nc2cc(Cl)nc(-c3ccncc3)n2)cc1Cl. The first-order chi connectivity index (χ1) is 11.0. The minimum Gasteiger partial charge on any atom is -0.505 e. The maximum atomic E-state index is 9.59. The van der Waals surface area contributed by atoms with Gasteiger partial charge in [-0.1, -0.05) is 34.8 Å². The van der Waals surface area contributed by atoms with Gasteiger partial charge in [0, 0.05) is 29.7 Å². The van der Waals surface area contributed by atoms with Gasteiger partial charge in [-0.2, -0.15) is 0 Å². The Kier molecular flexibility index (Phi) is 4.52. The van der Waals surface area contributed by atoms with E-state index in [1.165, 1.54) is 12.1 Å². The topological polar surface area (TPSA) is 70.9 Å². The second-order valence-corrected chi connectivity index (χ2v) is 5.75. The number of aromatic nitrogens is 3. The monoisotopic (exact) mass is 366 g/mol. The molecule has 0 saturated carbocycles. The average molecular weight is 368 g/mol. The van der Waals surface area contributed by atoms with E-state index in [9.17, 15) is 5.11 Å². The number of phenols is 1. The quantitative estimate of drug-likeness (QED) is 0.506. The second kappa shape index (κ2) is 6.58. The van der Waals surface area contributed by atoms with Gasteiger partial charge in [-0.05, 0) is 24.3 Å². The summed E-state index contributed by atoms with van der Waals surface area (Å²) in [7, 11) is 0. The number of benzene rings is 1. The molecule has 1 aromatic carbocycles. The van der Waals surface area contributed by atoms with Gasteiger partial charge >= 0.3 is 0 Å². The van der Waals surface area contributed by atoms with Gasteiger partial charge in [0.05, 0.1) is 10.0 Å². The number of aromatic hydroxyl groups is 1. The summed E-state index contributed by atoms with van der Waals surface area (Å²) in [6.45, 7) is 0. The van der Waals surface area contributed by atoms with Crippen molar-refractivity contribution in [3.63, 3.8) is 0 Å². The third kappa shape index (κ3) is 3.64. The molecule has 0 unspecified atom stereocenters. The van der Waals surface area contributed by atoms with Crippen molar-refractivity contribution in [3.05, 3.63) is 57.9 Å². The van der Waals surface area contributed by atoms with Gasteiger partial charge in [-0.15, -0.1) is 0 Å². The Bertz CT molecular complexity index is 836. The molecule has 8 heteroatoms. The third-order valence-electron chi connectivity index (χ3n) is 2.92. The van der Waals surface area contributed by atoms with E-state index >= 15 is 0 Å². The van der Waals surface area contributed by atoms with E-state index in [1.807, 2.05) is 0 Å². The van der Waals surface area contributed by atoms with E-state index in [0.717, 1.165) is 5.56 Å². The lowest BCUT2D eigenvalue weighted by molar-refractivity contribution is 0.476.